The Hall–Kier alpha value is -2.41. The van der Waals surface area contributed by atoms with Gasteiger partial charge in [-0.3, -0.25) is 10.1 Å². The lowest BCUT2D eigenvalue weighted by molar-refractivity contribution is -0.384. The summed E-state index contributed by atoms with van der Waals surface area (Å²) in [7, 11) is -4.76. The molecule has 0 aliphatic rings. The number of alkyl halides is 3. The summed E-state index contributed by atoms with van der Waals surface area (Å²) in [5, 5.41) is 22.5. The fourth-order valence-corrected chi connectivity index (χ4v) is 2.32. The molecule has 0 aromatic heterocycles. The van der Waals surface area contributed by atoms with Crippen molar-refractivity contribution in [3.63, 3.8) is 0 Å². The minimum absolute atomic E-state index is 0.232. The average Bonchev–Trinajstić information content (AvgIpc) is 2.50. The quantitative estimate of drug-likeness (QED) is 0.426. The molecular weight excluding hydrogens is 361 g/mol. The van der Waals surface area contributed by atoms with Crippen molar-refractivity contribution in [1.82, 2.24) is 0 Å². The van der Waals surface area contributed by atoms with Crippen molar-refractivity contribution in [3.8, 4) is 0 Å². The Labute approximate surface area is 133 Å². The molecule has 0 fully saturated rings. The Bertz CT molecular complexity index is 748. The normalized spacial score (nSPS) is 13.2. The number of rotatable bonds is 6. The molecular formula is C11H11F3N2O7S. The van der Waals surface area contributed by atoms with Gasteiger partial charge in [0.2, 0.25) is 0 Å². The molecule has 1 rings (SSSR count). The number of carbonyl (C=O) groups excluding carboxylic acids is 1. The second-order valence-electron chi connectivity index (χ2n) is 4.31. The summed E-state index contributed by atoms with van der Waals surface area (Å²) in [6, 6.07) is 1.47. The maximum Gasteiger partial charge on any atom is 0.501 e. The smallest absolute Gasteiger partial charge is 0.467 e. The first-order valence-corrected chi connectivity index (χ1v) is 7.49. The summed E-state index contributed by atoms with van der Waals surface area (Å²) in [4.78, 5) is 19.5. The molecule has 0 saturated heterocycles. The van der Waals surface area contributed by atoms with E-state index < -0.39 is 49.5 Å². The minimum Gasteiger partial charge on any atom is -0.467 e. The van der Waals surface area contributed by atoms with Gasteiger partial charge in [0.15, 0.2) is 6.10 Å². The van der Waals surface area contributed by atoms with Crippen LogP contribution in [0.3, 0.4) is 0 Å². The standard InChI is InChI=1S/C11H11F3N2O7S/c1-23-10(18)9(17)5-15-7-3-2-6(4-8(7)16(19)20)24(21,22)11(12,13)14/h2-4,9,15,17H,5H2,1H3. The van der Waals surface area contributed by atoms with Crippen molar-refractivity contribution < 1.29 is 41.2 Å². The van der Waals surface area contributed by atoms with Crippen LogP contribution in [0.5, 0.6) is 0 Å². The number of nitrogens with zero attached hydrogens (tertiary/aromatic N) is 1. The van der Waals surface area contributed by atoms with E-state index in [-0.39, 0.29) is 11.8 Å². The Kier molecular flexibility index (Phi) is 5.73. The van der Waals surface area contributed by atoms with Gasteiger partial charge in [-0.05, 0) is 12.1 Å². The molecule has 1 unspecified atom stereocenters. The number of nitro groups is 1. The van der Waals surface area contributed by atoms with Crippen molar-refractivity contribution in [2.75, 3.05) is 19.0 Å². The molecule has 134 valence electrons. The van der Waals surface area contributed by atoms with Gasteiger partial charge < -0.3 is 15.2 Å². The van der Waals surface area contributed by atoms with Crippen LogP contribution < -0.4 is 5.32 Å². The predicted octanol–water partition coefficient (Wildman–Crippen LogP) is 0.834. The van der Waals surface area contributed by atoms with Crippen LogP contribution in [0.15, 0.2) is 23.1 Å². The van der Waals surface area contributed by atoms with Crippen LogP contribution in [-0.4, -0.2) is 49.7 Å². The van der Waals surface area contributed by atoms with Gasteiger partial charge in [-0.2, -0.15) is 13.2 Å². The Balaban J connectivity index is 3.18. The Morgan fingerprint density at radius 2 is 2.04 bits per heavy atom. The number of sulfone groups is 1. The topological polar surface area (TPSA) is 136 Å². The summed E-state index contributed by atoms with van der Waals surface area (Å²) >= 11 is 0. The van der Waals surface area contributed by atoms with Crippen molar-refractivity contribution in [3.05, 3.63) is 28.3 Å². The van der Waals surface area contributed by atoms with Crippen molar-refractivity contribution in [1.29, 1.82) is 0 Å². The van der Waals surface area contributed by atoms with E-state index in [0.717, 1.165) is 13.2 Å². The van der Waals surface area contributed by atoms with Crippen LogP contribution in [-0.2, 0) is 19.4 Å². The fourth-order valence-electron chi connectivity index (χ4n) is 1.54. The summed E-state index contributed by atoms with van der Waals surface area (Å²) in [6.45, 7) is -0.543. The van der Waals surface area contributed by atoms with E-state index in [0.29, 0.717) is 6.07 Å². The van der Waals surface area contributed by atoms with E-state index in [1.165, 1.54) is 0 Å². The molecule has 0 aliphatic carbocycles. The van der Waals surface area contributed by atoms with Crippen LogP contribution in [0.4, 0.5) is 24.5 Å². The zero-order valence-electron chi connectivity index (χ0n) is 11.9. The number of aliphatic hydroxyl groups excluding tert-OH is 1. The average molecular weight is 372 g/mol. The number of anilines is 1. The SMILES string of the molecule is COC(=O)C(O)CNc1ccc(S(=O)(=O)C(F)(F)F)cc1[N+](=O)[O-]. The number of benzene rings is 1. The van der Waals surface area contributed by atoms with Crippen molar-refractivity contribution in [2.45, 2.75) is 16.5 Å². The maximum absolute atomic E-state index is 12.5. The number of nitro benzene ring substituents is 1. The molecule has 0 spiro atoms. The van der Waals surface area contributed by atoms with Crippen LogP contribution in [0.2, 0.25) is 0 Å². The molecule has 0 radical (unpaired) electrons. The number of aliphatic hydroxyl groups is 1. The Morgan fingerprint density at radius 3 is 2.50 bits per heavy atom. The van der Waals surface area contributed by atoms with Crippen molar-refractivity contribution in [2.24, 2.45) is 0 Å². The van der Waals surface area contributed by atoms with E-state index in [1.807, 2.05) is 0 Å². The summed E-state index contributed by atoms with van der Waals surface area (Å²) < 4.78 is 64.2. The Morgan fingerprint density at radius 1 is 1.46 bits per heavy atom. The maximum atomic E-state index is 12.5. The lowest BCUT2D eigenvalue weighted by atomic mass is 10.2. The number of halogens is 3. The van der Waals surface area contributed by atoms with Gasteiger partial charge in [-0.1, -0.05) is 0 Å². The molecule has 0 bridgehead atoms. The van der Waals surface area contributed by atoms with Crippen LogP contribution >= 0.6 is 0 Å². The zero-order valence-corrected chi connectivity index (χ0v) is 12.7. The van der Waals surface area contributed by atoms with Crippen molar-refractivity contribution >= 4 is 27.2 Å². The molecule has 1 aromatic rings. The molecule has 13 heteroatoms. The predicted molar refractivity (Wildman–Crippen MR) is 72.8 cm³/mol. The van der Waals surface area contributed by atoms with E-state index >= 15 is 0 Å². The molecule has 0 saturated carbocycles. The van der Waals surface area contributed by atoms with Crippen LogP contribution in [0, 0.1) is 10.1 Å². The lowest BCUT2D eigenvalue weighted by Gasteiger charge is -2.12. The van der Waals surface area contributed by atoms with Gasteiger partial charge >= 0.3 is 11.5 Å². The largest absolute Gasteiger partial charge is 0.501 e. The van der Waals surface area contributed by atoms with Crippen LogP contribution in [0.1, 0.15) is 0 Å². The highest BCUT2D eigenvalue weighted by molar-refractivity contribution is 7.92. The highest BCUT2D eigenvalue weighted by Crippen LogP contribution is 2.34. The second kappa shape index (κ2) is 7.00. The van der Waals surface area contributed by atoms with Gasteiger partial charge in [-0.25, -0.2) is 13.2 Å². The number of methoxy groups -OCH3 is 1. The number of nitrogens with one attached hydrogen (secondary N) is 1. The third-order valence-corrected chi connectivity index (χ3v) is 4.22. The van der Waals surface area contributed by atoms with Gasteiger partial charge in [0, 0.05) is 6.07 Å². The van der Waals surface area contributed by atoms with E-state index in [9.17, 15) is 41.6 Å². The number of hydrogen-bond donors (Lipinski definition) is 2. The zero-order chi connectivity index (χ0) is 18.7. The molecule has 1 aromatic carbocycles. The third kappa shape index (κ3) is 4.11. The summed E-state index contributed by atoms with van der Waals surface area (Å²) in [5.74, 6) is -1.04. The highest BCUT2D eigenvalue weighted by Gasteiger charge is 2.47. The second-order valence-corrected chi connectivity index (χ2v) is 6.25. The van der Waals surface area contributed by atoms with Gasteiger partial charge in [0.1, 0.15) is 5.69 Å². The molecule has 9 nitrogen and oxygen atoms in total. The molecule has 0 heterocycles. The first-order chi connectivity index (χ1) is 10.9. The first kappa shape index (κ1) is 19.6. The summed E-state index contributed by atoms with van der Waals surface area (Å²) in [6.07, 6.45) is -1.69. The number of carbonyl (C=O) groups is 1. The highest BCUT2D eigenvalue weighted by atomic mass is 32.2. The summed E-state index contributed by atoms with van der Waals surface area (Å²) in [5.41, 5.74) is -6.97. The molecule has 0 amide bonds. The third-order valence-electron chi connectivity index (χ3n) is 2.74. The number of esters is 1. The van der Waals surface area contributed by atoms with E-state index in [4.69, 9.17) is 0 Å². The molecule has 2 N–H and O–H groups in total. The molecule has 24 heavy (non-hydrogen) atoms. The van der Waals surface area contributed by atoms with Gasteiger partial charge in [0.05, 0.1) is 23.5 Å². The van der Waals surface area contributed by atoms with E-state index in [1.54, 1.807) is 0 Å². The first-order valence-electron chi connectivity index (χ1n) is 6.01. The van der Waals surface area contributed by atoms with Crippen LogP contribution in [0.25, 0.3) is 0 Å². The van der Waals surface area contributed by atoms with E-state index in [2.05, 4.69) is 10.1 Å². The number of ether oxygens (including phenoxy) is 1. The molecule has 1 atom stereocenters. The molecule has 0 aliphatic heterocycles. The fraction of sp³-hybridized carbons (Fsp3) is 0.364. The van der Waals surface area contributed by atoms with Gasteiger partial charge in [-0.15, -0.1) is 0 Å². The lowest BCUT2D eigenvalue weighted by Crippen LogP contribution is -2.29. The minimum atomic E-state index is -5.75. The van der Waals surface area contributed by atoms with Gasteiger partial charge in [0.25, 0.3) is 15.5 Å². The monoisotopic (exact) mass is 372 g/mol. The number of hydrogen-bond acceptors (Lipinski definition) is 8.